The lowest BCUT2D eigenvalue weighted by Crippen LogP contribution is -2.22. The Hall–Kier alpha value is -1.68. The topological polar surface area (TPSA) is 25.2 Å². The van der Waals surface area contributed by atoms with E-state index in [4.69, 9.17) is 4.42 Å². The highest BCUT2D eigenvalue weighted by Gasteiger charge is 2.11. The Kier molecular flexibility index (Phi) is 4.10. The van der Waals surface area contributed by atoms with Crippen molar-refractivity contribution < 1.29 is 13.2 Å². The first-order valence-corrected chi connectivity index (χ1v) is 5.87. The van der Waals surface area contributed by atoms with Crippen LogP contribution < -0.4 is 5.32 Å². The van der Waals surface area contributed by atoms with Crippen LogP contribution in [0.5, 0.6) is 0 Å². The summed E-state index contributed by atoms with van der Waals surface area (Å²) in [5, 5.41) is 3.14. The quantitative estimate of drug-likeness (QED) is 0.880. The molecule has 0 aliphatic rings. The zero-order chi connectivity index (χ0) is 13.0. The van der Waals surface area contributed by atoms with Crippen molar-refractivity contribution >= 4 is 0 Å². The van der Waals surface area contributed by atoms with Gasteiger partial charge in [-0.15, -0.1) is 0 Å². The molecule has 1 aromatic heterocycles. The van der Waals surface area contributed by atoms with Crippen LogP contribution in [0.4, 0.5) is 8.78 Å². The zero-order valence-electron chi connectivity index (χ0n) is 10.1. The lowest BCUT2D eigenvalue weighted by atomic mass is 10.1. The molecule has 0 bridgehead atoms. The molecule has 1 heterocycles. The largest absolute Gasteiger partial charge is 0.469 e. The number of hydrogen-bond acceptors (Lipinski definition) is 2. The first-order chi connectivity index (χ1) is 8.66. The first kappa shape index (κ1) is 12.8. The molecule has 2 nitrogen and oxygen atoms in total. The minimum Gasteiger partial charge on any atom is -0.469 e. The van der Waals surface area contributed by atoms with Crippen LogP contribution >= 0.6 is 0 Å². The highest BCUT2D eigenvalue weighted by atomic mass is 19.1. The lowest BCUT2D eigenvalue weighted by molar-refractivity contribution is 0.477. The van der Waals surface area contributed by atoms with E-state index in [0.717, 1.165) is 17.9 Å². The number of benzene rings is 1. The van der Waals surface area contributed by atoms with E-state index in [-0.39, 0.29) is 6.04 Å². The summed E-state index contributed by atoms with van der Waals surface area (Å²) >= 11 is 0. The molecule has 96 valence electrons. The van der Waals surface area contributed by atoms with Gasteiger partial charge < -0.3 is 9.73 Å². The summed E-state index contributed by atoms with van der Waals surface area (Å²) in [5.41, 5.74) is 0.342. The Bertz CT molecular complexity index is 497. The second-order valence-electron chi connectivity index (χ2n) is 4.17. The minimum atomic E-state index is -0.425. The SMILES string of the molecule is CC(NCCc1ccco1)c1cc(F)ccc1F. The molecule has 1 atom stereocenters. The number of rotatable bonds is 5. The van der Waals surface area contributed by atoms with Gasteiger partial charge in [0.2, 0.25) is 0 Å². The normalized spacial score (nSPS) is 12.6. The Morgan fingerprint density at radius 1 is 1.28 bits per heavy atom. The molecule has 0 spiro atoms. The summed E-state index contributed by atoms with van der Waals surface area (Å²) in [5.74, 6) is 0.0508. The van der Waals surface area contributed by atoms with Crippen molar-refractivity contribution in [3.8, 4) is 0 Å². The summed E-state index contributed by atoms with van der Waals surface area (Å²) in [7, 11) is 0. The average Bonchev–Trinajstić information content (AvgIpc) is 2.85. The van der Waals surface area contributed by atoms with Crippen LogP contribution in [0.1, 0.15) is 24.3 Å². The van der Waals surface area contributed by atoms with Crippen LogP contribution in [0.2, 0.25) is 0 Å². The number of halogens is 2. The fourth-order valence-corrected chi connectivity index (χ4v) is 1.82. The fourth-order valence-electron chi connectivity index (χ4n) is 1.82. The van der Waals surface area contributed by atoms with Gasteiger partial charge in [-0.1, -0.05) is 0 Å². The van der Waals surface area contributed by atoms with Gasteiger partial charge in [0.1, 0.15) is 17.4 Å². The summed E-state index contributed by atoms with van der Waals surface area (Å²) in [6, 6.07) is 6.96. The van der Waals surface area contributed by atoms with Crippen molar-refractivity contribution in [3.05, 3.63) is 59.6 Å². The van der Waals surface area contributed by atoms with Crippen molar-refractivity contribution in [2.75, 3.05) is 6.54 Å². The molecule has 0 aliphatic heterocycles. The first-order valence-electron chi connectivity index (χ1n) is 5.87. The van der Waals surface area contributed by atoms with Gasteiger partial charge in [-0.3, -0.25) is 0 Å². The molecule has 2 rings (SSSR count). The van der Waals surface area contributed by atoms with Crippen LogP contribution in [-0.4, -0.2) is 6.54 Å². The molecule has 0 radical (unpaired) electrons. The van der Waals surface area contributed by atoms with E-state index in [0.29, 0.717) is 18.5 Å². The zero-order valence-corrected chi connectivity index (χ0v) is 10.1. The molecule has 18 heavy (non-hydrogen) atoms. The smallest absolute Gasteiger partial charge is 0.128 e. The molecule has 0 amide bonds. The van der Waals surface area contributed by atoms with Gasteiger partial charge in [0.15, 0.2) is 0 Å². The molecule has 4 heteroatoms. The van der Waals surface area contributed by atoms with Gasteiger partial charge in [0.05, 0.1) is 6.26 Å². The van der Waals surface area contributed by atoms with E-state index in [9.17, 15) is 8.78 Å². The van der Waals surface area contributed by atoms with Gasteiger partial charge in [0.25, 0.3) is 0 Å². The van der Waals surface area contributed by atoms with Crippen molar-refractivity contribution in [2.24, 2.45) is 0 Å². The van der Waals surface area contributed by atoms with Gasteiger partial charge in [-0.25, -0.2) is 8.78 Å². The van der Waals surface area contributed by atoms with Crippen LogP contribution in [-0.2, 0) is 6.42 Å². The number of nitrogens with one attached hydrogen (secondary N) is 1. The molecular formula is C14H15F2NO. The van der Waals surface area contributed by atoms with Crippen molar-refractivity contribution in [1.29, 1.82) is 0 Å². The highest BCUT2D eigenvalue weighted by molar-refractivity contribution is 5.21. The maximum absolute atomic E-state index is 13.5. The molecule has 1 N–H and O–H groups in total. The molecule has 1 aromatic carbocycles. The molecular weight excluding hydrogens is 236 g/mol. The third kappa shape index (κ3) is 3.17. The standard InChI is InChI=1S/C14H15F2NO/c1-10(13-9-11(15)4-5-14(13)16)17-7-6-12-3-2-8-18-12/h2-5,8-10,17H,6-7H2,1H3. The average molecular weight is 251 g/mol. The summed E-state index contributed by atoms with van der Waals surface area (Å²) < 4.78 is 31.7. The molecule has 2 aromatic rings. The van der Waals surface area contributed by atoms with E-state index >= 15 is 0 Å². The summed E-state index contributed by atoms with van der Waals surface area (Å²) in [6.45, 7) is 2.45. The van der Waals surface area contributed by atoms with Gasteiger partial charge in [0, 0.05) is 24.6 Å². The second-order valence-corrected chi connectivity index (χ2v) is 4.17. The van der Waals surface area contributed by atoms with Gasteiger partial charge >= 0.3 is 0 Å². The highest BCUT2D eigenvalue weighted by Crippen LogP contribution is 2.17. The number of furan rings is 1. The van der Waals surface area contributed by atoms with E-state index in [1.807, 2.05) is 12.1 Å². The summed E-state index contributed by atoms with van der Waals surface area (Å²) in [4.78, 5) is 0. The molecule has 0 aliphatic carbocycles. The van der Waals surface area contributed by atoms with Crippen LogP contribution in [0.25, 0.3) is 0 Å². The Labute approximate surface area is 105 Å². The Morgan fingerprint density at radius 2 is 2.11 bits per heavy atom. The van der Waals surface area contributed by atoms with Crippen molar-refractivity contribution in [3.63, 3.8) is 0 Å². The van der Waals surface area contributed by atoms with Gasteiger partial charge in [-0.05, 0) is 37.3 Å². The minimum absolute atomic E-state index is 0.240. The second kappa shape index (κ2) is 5.78. The number of hydrogen-bond donors (Lipinski definition) is 1. The maximum Gasteiger partial charge on any atom is 0.128 e. The fraction of sp³-hybridized carbons (Fsp3) is 0.286. The third-order valence-electron chi connectivity index (χ3n) is 2.83. The summed E-state index contributed by atoms with van der Waals surface area (Å²) in [6.07, 6.45) is 2.33. The Morgan fingerprint density at radius 3 is 2.83 bits per heavy atom. The van der Waals surface area contributed by atoms with Crippen LogP contribution in [0.3, 0.4) is 0 Å². The van der Waals surface area contributed by atoms with E-state index in [1.165, 1.54) is 6.07 Å². The van der Waals surface area contributed by atoms with Crippen LogP contribution in [0.15, 0.2) is 41.0 Å². The molecule has 0 saturated heterocycles. The molecule has 0 saturated carbocycles. The Balaban J connectivity index is 1.91. The van der Waals surface area contributed by atoms with E-state index in [1.54, 1.807) is 13.2 Å². The van der Waals surface area contributed by atoms with Crippen molar-refractivity contribution in [1.82, 2.24) is 5.32 Å². The lowest BCUT2D eigenvalue weighted by Gasteiger charge is -2.14. The predicted octanol–water partition coefficient (Wildman–Crippen LogP) is 3.45. The van der Waals surface area contributed by atoms with Crippen LogP contribution in [0, 0.1) is 11.6 Å². The van der Waals surface area contributed by atoms with E-state index in [2.05, 4.69) is 5.32 Å². The van der Waals surface area contributed by atoms with Crippen molar-refractivity contribution in [2.45, 2.75) is 19.4 Å². The monoisotopic (exact) mass is 251 g/mol. The van der Waals surface area contributed by atoms with Gasteiger partial charge in [-0.2, -0.15) is 0 Å². The maximum atomic E-state index is 13.5. The molecule has 0 fully saturated rings. The third-order valence-corrected chi connectivity index (χ3v) is 2.83. The predicted molar refractivity (Wildman–Crippen MR) is 65.2 cm³/mol. The van der Waals surface area contributed by atoms with E-state index < -0.39 is 11.6 Å². The molecule has 1 unspecified atom stereocenters.